The van der Waals surface area contributed by atoms with Crippen molar-refractivity contribution >= 4 is 25.5 Å². The summed E-state index contributed by atoms with van der Waals surface area (Å²) in [6.45, 7) is 0. The fourth-order valence-corrected chi connectivity index (χ4v) is 5.22. The maximum Gasteiger partial charge on any atom is 0.150 e. The van der Waals surface area contributed by atoms with Crippen molar-refractivity contribution in [1.29, 1.82) is 0 Å². The number of methoxy groups -OCH3 is 1. The number of hydrogen-bond acceptors (Lipinski definition) is 2. The van der Waals surface area contributed by atoms with E-state index in [1.807, 2.05) is 36.4 Å². The van der Waals surface area contributed by atoms with E-state index >= 15 is 0 Å². The third-order valence-electron chi connectivity index (χ3n) is 5.28. The van der Waals surface area contributed by atoms with Crippen LogP contribution in [0, 0.1) is 0 Å². The topological polar surface area (TPSA) is 26.3 Å². The van der Waals surface area contributed by atoms with Crippen molar-refractivity contribution in [1.82, 2.24) is 0 Å². The van der Waals surface area contributed by atoms with Gasteiger partial charge in [0.25, 0.3) is 0 Å². The van der Waals surface area contributed by atoms with Crippen LogP contribution < -0.4 is 15.3 Å². The van der Waals surface area contributed by atoms with E-state index in [4.69, 9.17) is 4.74 Å². The van der Waals surface area contributed by atoms with Gasteiger partial charge in [-0.15, -0.1) is 0 Å². The lowest BCUT2D eigenvalue weighted by Gasteiger charge is -2.17. The molecule has 0 aliphatic rings. The first-order valence-electron chi connectivity index (χ1n) is 10.4. The highest BCUT2D eigenvalue weighted by molar-refractivity contribution is 7.56. The average Bonchev–Trinajstić information content (AvgIpc) is 2.81. The monoisotopic (exact) mass is 424 g/mol. The SMILES string of the molecule is COc1c(Cc2ccccc2)cc(Cc2ccccc2)cc1Pc1ccccc1C=O. The van der Waals surface area contributed by atoms with Gasteiger partial charge in [0.15, 0.2) is 6.29 Å². The highest BCUT2D eigenvalue weighted by Gasteiger charge is 2.15. The summed E-state index contributed by atoms with van der Waals surface area (Å²) in [7, 11) is 2.08. The molecule has 0 N–H and O–H groups in total. The Kier molecular flexibility index (Phi) is 6.92. The van der Waals surface area contributed by atoms with Crippen LogP contribution in [0.3, 0.4) is 0 Å². The van der Waals surface area contributed by atoms with Gasteiger partial charge in [-0.1, -0.05) is 99.6 Å². The van der Waals surface area contributed by atoms with Crippen molar-refractivity contribution < 1.29 is 9.53 Å². The van der Waals surface area contributed by atoms with Gasteiger partial charge in [0, 0.05) is 17.3 Å². The predicted octanol–water partition coefficient (Wildman–Crippen LogP) is 5.32. The molecule has 0 radical (unpaired) electrons. The van der Waals surface area contributed by atoms with Gasteiger partial charge in [0.1, 0.15) is 5.75 Å². The van der Waals surface area contributed by atoms with Gasteiger partial charge in [-0.3, -0.25) is 4.79 Å². The van der Waals surface area contributed by atoms with Gasteiger partial charge in [-0.05, 0) is 40.0 Å². The Morgan fingerprint density at radius 3 is 1.97 bits per heavy atom. The first-order chi connectivity index (χ1) is 15.3. The van der Waals surface area contributed by atoms with Crippen LogP contribution in [-0.4, -0.2) is 13.4 Å². The molecule has 1 unspecified atom stereocenters. The minimum atomic E-state index is 0.346. The zero-order valence-electron chi connectivity index (χ0n) is 17.5. The molecular formula is C28H25O2P. The summed E-state index contributed by atoms with van der Waals surface area (Å²) in [5, 5.41) is 2.18. The molecule has 0 aliphatic heterocycles. The number of rotatable bonds is 8. The van der Waals surface area contributed by atoms with E-state index in [1.54, 1.807) is 7.11 Å². The van der Waals surface area contributed by atoms with E-state index in [0.29, 0.717) is 8.58 Å². The largest absolute Gasteiger partial charge is 0.496 e. The normalized spacial score (nSPS) is 11.0. The Morgan fingerprint density at radius 2 is 1.32 bits per heavy atom. The molecule has 4 aromatic carbocycles. The van der Waals surface area contributed by atoms with Crippen molar-refractivity contribution in [3.8, 4) is 5.75 Å². The van der Waals surface area contributed by atoms with Crippen LogP contribution in [0.25, 0.3) is 0 Å². The van der Waals surface area contributed by atoms with Crippen molar-refractivity contribution in [3.63, 3.8) is 0 Å². The highest BCUT2D eigenvalue weighted by Crippen LogP contribution is 2.29. The van der Waals surface area contributed by atoms with Crippen LogP contribution in [0.2, 0.25) is 0 Å². The van der Waals surface area contributed by atoms with Gasteiger partial charge in [0.2, 0.25) is 0 Å². The van der Waals surface area contributed by atoms with Crippen molar-refractivity contribution in [2.45, 2.75) is 12.8 Å². The summed E-state index contributed by atoms with van der Waals surface area (Å²) in [4.78, 5) is 11.6. The quantitative estimate of drug-likeness (QED) is 0.283. The number of carbonyl (C=O) groups excluding carboxylic acids is 1. The van der Waals surface area contributed by atoms with Crippen molar-refractivity contribution in [2.24, 2.45) is 0 Å². The Balaban J connectivity index is 1.78. The molecule has 3 heteroatoms. The number of hydrogen-bond donors (Lipinski definition) is 0. The number of benzene rings is 4. The van der Waals surface area contributed by atoms with Gasteiger partial charge in [-0.2, -0.15) is 0 Å². The smallest absolute Gasteiger partial charge is 0.150 e. The Labute approximate surface area is 185 Å². The van der Waals surface area contributed by atoms with E-state index < -0.39 is 0 Å². The van der Waals surface area contributed by atoms with Crippen molar-refractivity contribution in [3.05, 3.63) is 125 Å². The molecule has 0 aliphatic carbocycles. The fraction of sp³-hybridized carbons (Fsp3) is 0.107. The van der Waals surface area contributed by atoms with E-state index in [0.717, 1.165) is 41.0 Å². The molecule has 2 nitrogen and oxygen atoms in total. The second-order valence-corrected chi connectivity index (χ2v) is 8.82. The minimum absolute atomic E-state index is 0.346. The van der Waals surface area contributed by atoms with Gasteiger partial charge in [0.05, 0.1) is 7.11 Å². The van der Waals surface area contributed by atoms with Gasteiger partial charge in [-0.25, -0.2) is 0 Å². The number of aldehydes is 1. The van der Waals surface area contributed by atoms with Crippen molar-refractivity contribution in [2.75, 3.05) is 7.11 Å². The van der Waals surface area contributed by atoms with Crippen LogP contribution in [-0.2, 0) is 12.8 Å². The molecule has 154 valence electrons. The molecule has 4 rings (SSSR count). The third kappa shape index (κ3) is 5.29. The molecule has 31 heavy (non-hydrogen) atoms. The van der Waals surface area contributed by atoms with E-state index in [1.165, 1.54) is 22.3 Å². The van der Waals surface area contributed by atoms with E-state index in [-0.39, 0.29) is 0 Å². The molecular weight excluding hydrogens is 399 g/mol. The second-order valence-electron chi connectivity index (χ2n) is 7.49. The Hall–Kier alpha value is -3.22. The number of ether oxygens (including phenoxy) is 1. The Bertz CT molecular complexity index is 1150. The summed E-state index contributed by atoms with van der Waals surface area (Å²) in [5.74, 6) is 0.916. The molecule has 0 amide bonds. The highest BCUT2D eigenvalue weighted by atomic mass is 31.1. The lowest BCUT2D eigenvalue weighted by Crippen LogP contribution is -2.14. The lowest BCUT2D eigenvalue weighted by molar-refractivity contribution is 0.112. The molecule has 0 saturated carbocycles. The molecule has 4 aromatic rings. The standard InChI is InChI=1S/C28H25O2P/c1-30-28-25(17-22-12-6-3-7-13-22)18-23(16-21-10-4-2-5-11-21)19-27(28)31-26-15-9-8-14-24(26)20-29/h2-15,18-20,31H,16-17H2,1H3. The molecule has 0 aromatic heterocycles. The Morgan fingerprint density at radius 1 is 0.710 bits per heavy atom. The molecule has 0 heterocycles. The first-order valence-corrected chi connectivity index (χ1v) is 11.4. The summed E-state index contributed by atoms with van der Waals surface area (Å²) >= 11 is 0. The zero-order valence-corrected chi connectivity index (χ0v) is 18.5. The number of carbonyl (C=O) groups is 1. The third-order valence-corrected chi connectivity index (χ3v) is 6.64. The maximum absolute atomic E-state index is 11.6. The van der Waals surface area contributed by atoms with Gasteiger partial charge >= 0.3 is 0 Å². The zero-order chi connectivity index (χ0) is 21.5. The lowest BCUT2D eigenvalue weighted by atomic mass is 9.98. The van der Waals surface area contributed by atoms with Crippen LogP contribution >= 0.6 is 8.58 Å². The minimum Gasteiger partial charge on any atom is -0.496 e. The first kappa shape index (κ1) is 21.0. The van der Waals surface area contributed by atoms with Gasteiger partial charge < -0.3 is 4.74 Å². The maximum atomic E-state index is 11.6. The summed E-state index contributed by atoms with van der Waals surface area (Å²) in [5.41, 5.74) is 5.69. The molecule has 0 saturated heterocycles. The second kappa shape index (κ2) is 10.2. The van der Waals surface area contributed by atoms with Crippen LogP contribution in [0.4, 0.5) is 0 Å². The van der Waals surface area contributed by atoms with Crippen LogP contribution in [0.5, 0.6) is 5.75 Å². The molecule has 0 bridgehead atoms. The predicted molar refractivity (Wildman–Crippen MR) is 131 cm³/mol. The fourth-order valence-electron chi connectivity index (χ4n) is 3.83. The van der Waals surface area contributed by atoms with Crippen LogP contribution in [0.15, 0.2) is 97.1 Å². The average molecular weight is 424 g/mol. The van der Waals surface area contributed by atoms with E-state index in [2.05, 4.69) is 60.7 Å². The van der Waals surface area contributed by atoms with E-state index in [9.17, 15) is 4.79 Å². The summed E-state index contributed by atoms with van der Waals surface area (Å²) < 4.78 is 5.92. The van der Waals surface area contributed by atoms with Crippen LogP contribution in [0.1, 0.15) is 32.6 Å². The summed E-state index contributed by atoms with van der Waals surface area (Å²) in [6.07, 6.45) is 2.60. The molecule has 0 fully saturated rings. The molecule has 1 atom stereocenters. The molecule has 0 spiro atoms. The summed E-state index contributed by atoms with van der Waals surface area (Å²) in [6, 6.07) is 33.3.